The van der Waals surface area contributed by atoms with Crippen LogP contribution >= 0.6 is 0 Å². The van der Waals surface area contributed by atoms with Crippen molar-refractivity contribution in [3.05, 3.63) is 18.2 Å². The van der Waals surface area contributed by atoms with Crippen molar-refractivity contribution in [1.82, 2.24) is 4.57 Å². The van der Waals surface area contributed by atoms with Gasteiger partial charge in [0.05, 0.1) is 13.6 Å². The summed E-state index contributed by atoms with van der Waals surface area (Å²) in [5.74, 6) is -11.0. The second kappa shape index (κ2) is 9.19. The van der Waals surface area contributed by atoms with Gasteiger partial charge in [0.2, 0.25) is 10.4 Å². The molecule has 0 saturated carbocycles. The van der Waals surface area contributed by atoms with Crippen molar-refractivity contribution in [2.75, 3.05) is 6.61 Å². The standard InChI is InChI=1S/C9H17N2.C4H3F7O4S/c1-4-5-6-11-8-7-10(3)9(11)2;5-2(6,1-15-16(12,13)14)3(7,8)4(9,10)11/h7-8H,4-6H2,1-3H3;1H2,(H,12,13,14)/q+1;/p-1. The Balaban J connectivity index is 0.000000533. The Hall–Kier alpha value is -1.41. The molecule has 0 N–H and O–H groups in total. The molecule has 0 aliphatic carbocycles. The van der Waals surface area contributed by atoms with Crippen molar-refractivity contribution >= 4 is 10.4 Å². The Morgan fingerprint density at radius 3 is 2.04 bits per heavy atom. The molecule has 1 heterocycles. The van der Waals surface area contributed by atoms with Gasteiger partial charge in [-0.15, -0.1) is 0 Å². The van der Waals surface area contributed by atoms with E-state index in [-0.39, 0.29) is 0 Å². The van der Waals surface area contributed by atoms with Crippen LogP contribution in [0.3, 0.4) is 0 Å². The first-order valence-corrected chi connectivity index (χ1v) is 8.73. The van der Waals surface area contributed by atoms with Gasteiger partial charge in [-0.3, -0.25) is 4.18 Å². The lowest BCUT2D eigenvalue weighted by atomic mass is 10.2. The predicted molar refractivity (Wildman–Crippen MR) is 76.9 cm³/mol. The monoisotopic (exact) mass is 432 g/mol. The topological polar surface area (TPSA) is 75.2 Å². The highest BCUT2D eigenvalue weighted by Gasteiger charge is 2.73. The number of halogens is 7. The molecule has 0 aromatic carbocycles. The summed E-state index contributed by atoms with van der Waals surface area (Å²) >= 11 is 0. The molecule has 0 radical (unpaired) electrons. The van der Waals surface area contributed by atoms with Crippen molar-refractivity contribution in [3.63, 3.8) is 0 Å². The number of rotatable bonds is 7. The van der Waals surface area contributed by atoms with Crippen molar-refractivity contribution in [1.29, 1.82) is 0 Å². The van der Waals surface area contributed by atoms with Crippen LogP contribution in [0.2, 0.25) is 0 Å². The first-order valence-electron chi connectivity index (χ1n) is 7.40. The van der Waals surface area contributed by atoms with Crippen LogP contribution in [0.5, 0.6) is 0 Å². The molecule has 0 bridgehead atoms. The van der Waals surface area contributed by atoms with E-state index in [4.69, 9.17) is 0 Å². The maximum Gasteiger partial charge on any atom is 0.459 e. The van der Waals surface area contributed by atoms with Crippen LogP contribution in [-0.2, 0) is 28.2 Å². The van der Waals surface area contributed by atoms with Crippen LogP contribution < -0.4 is 4.57 Å². The number of unbranched alkanes of at least 4 members (excludes halogenated alkanes) is 1. The molecule has 0 unspecified atom stereocenters. The summed E-state index contributed by atoms with van der Waals surface area (Å²) in [6, 6.07) is 0. The molecule has 160 valence electrons. The van der Waals surface area contributed by atoms with E-state index >= 15 is 0 Å². The molecule has 0 amide bonds. The molecular formula is C13H19F7N2O4S. The fourth-order valence-corrected chi connectivity index (χ4v) is 1.90. The van der Waals surface area contributed by atoms with Gasteiger partial charge >= 0.3 is 18.0 Å². The van der Waals surface area contributed by atoms with Crippen LogP contribution in [-0.4, -0.2) is 42.2 Å². The van der Waals surface area contributed by atoms with Gasteiger partial charge < -0.3 is 4.55 Å². The van der Waals surface area contributed by atoms with Crippen LogP contribution in [0.4, 0.5) is 30.7 Å². The maximum absolute atomic E-state index is 12.2. The molecule has 0 atom stereocenters. The average molecular weight is 432 g/mol. The lowest BCUT2D eigenvalue weighted by molar-refractivity contribution is -0.677. The highest BCUT2D eigenvalue weighted by atomic mass is 32.3. The predicted octanol–water partition coefficient (Wildman–Crippen LogP) is 2.72. The third-order valence-corrected chi connectivity index (χ3v) is 3.76. The number of aryl methyl sites for hydroxylation is 2. The van der Waals surface area contributed by atoms with E-state index in [1.165, 1.54) is 18.7 Å². The molecule has 0 aliphatic heterocycles. The van der Waals surface area contributed by atoms with E-state index in [1.807, 2.05) is 0 Å². The lowest BCUT2D eigenvalue weighted by Gasteiger charge is -2.27. The molecule has 1 aromatic rings. The Labute approximate surface area is 151 Å². The zero-order valence-electron chi connectivity index (χ0n) is 14.6. The summed E-state index contributed by atoms with van der Waals surface area (Å²) in [4.78, 5) is 0. The van der Waals surface area contributed by atoms with Crippen LogP contribution in [0, 0.1) is 6.92 Å². The maximum atomic E-state index is 12.2. The zero-order valence-corrected chi connectivity index (χ0v) is 15.4. The minimum atomic E-state index is -6.60. The highest BCUT2D eigenvalue weighted by molar-refractivity contribution is 7.80. The third kappa shape index (κ3) is 7.62. The summed E-state index contributed by atoms with van der Waals surface area (Å²) < 4.78 is 119. The van der Waals surface area contributed by atoms with Gasteiger partial charge in [0.25, 0.3) is 5.82 Å². The Kier molecular flexibility index (Phi) is 8.71. The van der Waals surface area contributed by atoms with Gasteiger partial charge in [-0.1, -0.05) is 13.3 Å². The van der Waals surface area contributed by atoms with Gasteiger partial charge in [0.15, 0.2) is 0 Å². The van der Waals surface area contributed by atoms with E-state index < -0.39 is 35.0 Å². The van der Waals surface area contributed by atoms with E-state index in [0.29, 0.717) is 0 Å². The Morgan fingerprint density at radius 1 is 1.19 bits per heavy atom. The molecular weight excluding hydrogens is 413 g/mol. The number of imidazole rings is 1. The minimum absolute atomic E-state index is 1.16. The number of hydrogen-bond acceptors (Lipinski definition) is 4. The van der Waals surface area contributed by atoms with Crippen LogP contribution in [0.15, 0.2) is 12.4 Å². The fourth-order valence-electron chi connectivity index (χ4n) is 1.61. The van der Waals surface area contributed by atoms with Gasteiger partial charge in [0, 0.05) is 6.92 Å². The second-order valence-electron chi connectivity index (χ2n) is 5.45. The van der Waals surface area contributed by atoms with E-state index in [0.717, 1.165) is 6.54 Å². The van der Waals surface area contributed by atoms with E-state index in [1.54, 1.807) is 0 Å². The quantitative estimate of drug-likeness (QED) is 0.287. The minimum Gasteiger partial charge on any atom is -0.726 e. The van der Waals surface area contributed by atoms with Crippen molar-refractivity contribution in [3.8, 4) is 0 Å². The van der Waals surface area contributed by atoms with E-state index in [9.17, 15) is 43.7 Å². The molecule has 0 fully saturated rings. The molecule has 6 nitrogen and oxygen atoms in total. The zero-order chi connectivity index (χ0) is 21.7. The average Bonchev–Trinajstić information content (AvgIpc) is 2.81. The van der Waals surface area contributed by atoms with E-state index in [2.05, 4.69) is 46.6 Å². The second-order valence-corrected chi connectivity index (χ2v) is 6.50. The van der Waals surface area contributed by atoms with Crippen LogP contribution in [0.25, 0.3) is 0 Å². The van der Waals surface area contributed by atoms with Gasteiger partial charge in [-0.05, 0) is 6.42 Å². The fraction of sp³-hybridized carbons (Fsp3) is 0.769. The lowest BCUT2D eigenvalue weighted by Crippen LogP contribution is -2.54. The van der Waals surface area contributed by atoms with Crippen molar-refractivity contribution in [2.45, 2.75) is 51.3 Å². The largest absolute Gasteiger partial charge is 0.726 e. The molecule has 1 aromatic heterocycles. The first-order chi connectivity index (χ1) is 12.0. The van der Waals surface area contributed by atoms with Gasteiger partial charge in [-0.2, -0.15) is 30.7 Å². The summed E-state index contributed by atoms with van der Waals surface area (Å²) in [5.41, 5.74) is 0. The number of aromatic nitrogens is 2. The summed E-state index contributed by atoms with van der Waals surface area (Å²) in [6.07, 6.45) is 0.180. The van der Waals surface area contributed by atoms with Gasteiger partial charge in [0.1, 0.15) is 19.0 Å². The molecule has 14 heteroatoms. The van der Waals surface area contributed by atoms with Gasteiger partial charge in [-0.25, -0.2) is 17.6 Å². The number of hydrogen-bond donors (Lipinski definition) is 0. The molecule has 27 heavy (non-hydrogen) atoms. The summed E-state index contributed by atoms with van der Waals surface area (Å²) in [7, 11) is -3.71. The molecule has 0 saturated heterocycles. The smallest absolute Gasteiger partial charge is 0.459 e. The summed E-state index contributed by atoms with van der Waals surface area (Å²) in [6.45, 7) is 2.63. The molecule has 1 rings (SSSR count). The summed E-state index contributed by atoms with van der Waals surface area (Å²) in [5, 5.41) is 0. The Bertz CT molecular complexity index is 702. The highest BCUT2D eigenvalue weighted by Crippen LogP contribution is 2.46. The SMILES string of the molecule is CCCCn1cc[n+](C)c1C.O=S(=O)([O-])OCC(F)(F)C(F)(F)C(F)(F)F. The number of nitrogens with zero attached hydrogens (tertiary/aromatic N) is 2. The normalized spacial score (nSPS) is 13.3. The molecule has 0 spiro atoms. The third-order valence-electron chi connectivity index (χ3n) is 3.35. The van der Waals surface area contributed by atoms with Crippen molar-refractivity contribution in [2.24, 2.45) is 7.05 Å². The number of alkyl halides is 7. The van der Waals surface area contributed by atoms with Crippen molar-refractivity contribution < 1.29 is 52.5 Å². The van der Waals surface area contributed by atoms with Crippen LogP contribution in [0.1, 0.15) is 25.6 Å². The Morgan fingerprint density at radius 2 is 1.70 bits per heavy atom. The molecule has 0 aliphatic rings. The first kappa shape index (κ1) is 25.6.